The summed E-state index contributed by atoms with van der Waals surface area (Å²) in [6.45, 7) is 1.24. The molecule has 0 aliphatic carbocycles. The second-order valence-corrected chi connectivity index (χ2v) is 3.18. The van der Waals surface area contributed by atoms with Crippen LogP contribution in [-0.2, 0) is 14.3 Å². The number of carboxylic acid groups (broad SMARTS) is 1. The van der Waals surface area contributed by atoms with Crippen LogP contribution >= 0.6 is 0 Å². The van der Waals surface area contributed by atoms with Crippen LogP contribution in [0.3, 0.4) is 0 Å². The fourth-order valence-corrected chi connectivity index (χ4v) is 0.964. The van der Waals surface area contributed by atoms with E-state index in [0.29, 0.717) is 0 Å². The van der Waals surface area contributed by atoms with Gasteiger partial charge in [-0.2, -0.15) is 13.2 Å². The lowest BCUT2D eigenvalue weighted by Crippen LogP contribution is -2.40. The van der Waals surface area contributed by atoms with Crippen molar-refractivity contribution in [3.8, 4) is 0 Å². The zero-order valence-corrected chi connectivity index (χ0v) is 8.59. The molecule has 0 saturated heterocycles. The average molecular weight is 230 g/mol. The molecule has 90 valence electrons. The number of rotatable bonds is 5. The third kappa shape index (κ3) is 4.05. The highest BCUT2D eigenvalue weighted by Crippen LogP contribution is 2.34. The lowest BCUT2D eigenvalue weighted by molar-refractivity contribution is -0.243. The molecule has 0 spiro atoms. The molecule has 0 aromatic heterocycles. The fourth-order valence-electron chi connectivity index (χ4n) is 0.964. The Labute approximate surface area is 85.0 Å². The van der Waals surface area contributed by atoms with Gasteiger partial charge in [0.2, 0.25) is 0 Å². The summed E-state index contributed by atoms with van der Waals surface area (Å²) < 4.78 is 46.2. The predicted octanol–water partition coefficient (Wildman–Crippen LogP) is 1.65. The molecular formula is C8H13F3O4. The van der Waals surface area contributed by atoms with Crippen LogP contribution in [-0.4, -0.2) is 37.3 Å². The zero-order chi connectivity index (χ0) is 12.3. The molecule has 0 saturated carbocycles. The monoisotopic (exact) mass is 230 g/mol. The van der Waals surface area contributed by atoms with Gasteiger partial charge in [0.05, 0.1) is 0 Å². The molecule has 0 radical (unpaired) electrons. The largest absolute Gasteiger partial charge is 0.481 e. The fraction of sp³-hybridized carbons (Fsp3) is 0.875. The highest BCUT2D eigenvalue weighted by atomic mass is 19.4. The van der Waals surface area contributed by atoms with Crippen molar-refractivity contribution in [1.82, 2.24) is 0 Å². The smallest absolute Gasteiger partial charge is 0.402 e. The summed E-state index contributed by atoms with van der Waals surface area (Å²) in [5, 5.41) is 8.43. The molecule has 1 unspecified atom stereocenters. The molecule has 0 heterocycles. The maximum absolute atomic E-state index is 12.3. The van der Waals surface area contributed by atoms with Crippen molar-refractivity contribution in [2.75, 3.05) is 14.2 Å². The van der Waals surface area contributed by atoms with Crippen LogP contribution < -0.4 is 0 Å². The van der Waals surface area contributed by atoms with E-state index in [0.717, 1.165) is 14.2 Å². The van der Waals surface area contributed by atoms with E-state index in [2.05, 4.69) is 9.47 Å². The summed E-state index contributed by atoms with van der Waals surface area (Å²) in [5.74, 6) is -6.00. The molecule has 0 fully saturated rings. The Morgan fingerprint density at radius 3 is 1.93 bits per heavy atom. The minimum atomic E-state index is -4.82. The van der Waals surface area contributed by atoms with Gasteiger partial charge >= 0.3 is 12.1 Å². The molecule has 0 amide bonds. The van der Waals surface area contributed by atoms with Gasteiger partial charge < -0.3 is 14.6 Å². The van der Waals surface area contributed by atoms with E-state index in [1.165, 1.54) is 6.92 Å². The van der Waals surface area contributed by atoms with E-state index in [9.17, 15) is 18.0 Å². The number of hydrogen-bond acceptors (Lipinski definition) is 3. The van der Waals surface area contributed by atoms with Crippen LogP contribution in [0.15, 0.2) is 0 Å². The second kappa shape index (κ2) is 4.80. The highest BCUT2D eigenvalue weighted by Gasteiger charge is 2.49. The van der Waals surface area contributed by atoms with Crippen molar-refractivity contribution in [1.29, 1.82) is 0 Å². The minimum Gasteiger partial charge on any atom is -0.481 e. The number of carboxylic acids is 1. The first-order valence-corrected chi connectivity index (χ1v) is 4.06. The lowest BCUT2D eigenvalue weighted by atomic mass is 9.99. The van der Waals surface area contributed by atoms with Gasteiger partial charge in [-0.25, -0.2) is 0 Å². The average Bonchev–Trinajstić information content (AvgIpc) is 2.11. The van der Waals surface area contributed by atoms with Gasteiger partial charge in [-0.1, -0.05) is 0 Å². The van der Waals surface area contributed by atoms with Crippen LogP contribution in [0, 0.1) is 5.92 Å². The maximum atomic E-state index is 12.3. The molecule has 0 aliphatic heterocycles. The molecule has 0 bridgehead atoms. The van der Waals surface area contributed by atoms with Crippen molar-refractivity contribution < 1.29 is 32.5 Å². The van der Waals surface area contributed by atoms with Gasteiger partial charge in [0.15, 0.2) is 11.7 Å². The van der Waals surface area contributed by atoms with Gasteiger partial charge in [0.25, 0.3) is 0 Å². The van der Waals surface area contributed by atoms with Gasteiger partial charge in [0, 0.05) is 20.6 Å². The van der Waals surface area contributed by atoms with Crippen molar-refractivity contribution in [2.24, 2.45) is 5.92 Å². The molecule has 1 atom stereocenters. The molecular weight excluding hydrogens is 217 g/mol. The van der Waals surface area contributed by atoms with E-state index in [-0.39, 0.29) is 0 Å². The molecule has 0 aromatic rings. The number of carbonyl (C=O) groups is 1. The Kier molecular flexibility index (Phi) is 4.54. The number of aliphatic carboxylic acids is 1. The van der Waals surface area contributed by atoms with E-state index in [1.807, 2.05) is 0 Å². The van der Waals surface area contributed by atoms with Crippen LogP contribution in [0.2, 0.25) is 0 Å². The molecule has 0 aliphatic rings. The van der Waals surface area contributed by atoms with E-state index >= 15 is 0 Å². The normalized spacial score (nSPS) is 15.1. The number of alkyl halides is 3. The van der Waals surface area contributed by atoms with Crippen molar-refractivity contribution in [3.63, 3.8) is 0 Å². The van der Waals surface area contributed by atoms with Gasteiger partial charge in [-0.15, -0.1) is 0 Å². The summed E-state index contributed by atoms with van der Waals surface area (Å²) in [4.78, 5) is 10.4. The van der Waals surface area contributed by atoms with E-state index in [4.69, 9.17) is 5.11 Å². The highest BCUT2D eigenvalue weighted by molar-refractivity contribution is 5.71. The van der Waals surface area contributed by atoms with Crippen molar-refractivity contribution >= 4 is 5.97 Å². The third-order valence-corrected chi connectivity index (χ3v) is 2.13. The molecule has 4 nitrogen and oxygen atoms in total. The Bertz CT molecular complexity index is 222. The summed E-state index contributed by atoms with van der Waals surface area (Å²) in [7, 11) is 2.30. The van der Waals surface area contributed by atoms with Crippen LogP contribution in [0.25, 0.3) is 0 Å². The van der Waals surface area contributed by atoms with Crippen LogP contribution in [0.4, 0.5) is 13.2 Å². The number of halogens is 3. The Hall–Kier alpha value is -0.820. The second-order valence-electron chi connectivity index (χ2n) is 3.18. The molecule has 1 N–H and O–H groups in total. The molecule has 0 aromatic carbocycles. The van der Waals surface area contributed by atoms with Gasteiger partial charge in [-0.05, 0) is 6.92 Å². The van der Waals surface area contributed by atoms with E-state index < -0.39 is 30.3 Å². The zero-order valence-electron chi connectivity index (χ0n) is 8.59. The summed E-state index contributed by atoms with van der Waals surface area (Å²) in [6, 6.07) is 0. The first-order chi connectivity index (χ1) is 6.66. The Morgan fingerprint density at radius 2 is 1.73 bits per heavy atom. The molecule has 0 rings (SSSR count). The van der Waals surface area contributed by atoms with Crippen molar-refractivity contribution in [2.45, 2.75) is 25.3 Å². The minimum absolute atomic E-state index is 0.793. The maximum Gasteiger partial charge on any atom is 0.402 e. The lowest BCUT2D eigenvalue weighted by Gasteiger charge is -2.29. The molecule has 7 heteroatoms. The standard InChI is InChI=1S/C8H13F3O4/c1-7(14-2,15-3)4-5(6(12)13)8(9,10)11/h5H,4H2,1-3H3,(H,12,13). The summed E-state index contributed by atoms with van der Waals surface area (Å²) in [6.07, 6.45) is -5.61. The topological polar surface area (TPSA) is 55.8 Å². The quantitative estimate of drug-likeness (QED) is 0.729. The predicted molar refractivity (Wildman–Crippen MR) is 44.2 cm³/mol. The summed E-state index contributed by atoms with van der Waals surface area (Å²) >= 11 is 0. The molecule has 15 heavy (non-hydrogen) atoms. The van der Waals surface area contributed by atoms with E-state index in [1.54, 1.807) is 0 Å². The van der Waals surface area contributed by atoms with Crippen molar-refractivity contribution in [3.05, 3.63) is 0 Å². The number of ether oxygens (including phenoxy) is 2. The Morgan fingerprint density at radius 1 is 1.33 bits per heavy atom. The summed E-state index contributed by atoms with van der Waals surface area (Å²) in [5.41, 5.74) is 0. The number of methoxy groups -OCH3 is 2. The Balaban J connectivity index is 4.77. The van der Waals surface area contributed by atoms with Crippen LogP contribution in [0.5, 0.6) is 0 Å². The first-order valence-electron chi connectivity index (χ1n) is 4.06. The van der Waals surface area contributed by atoms with Gasteiger partial charge in [0.1, 0.15) is 0 Å². The van der Waals surface area contributed by atoms with Crippen LogP contribution in [0.1, 0.15) is 13.3 Å². The first kappa shape index (κ1) is 14.2. The number of hydrogen-bond donors (Lipinski definition) is 1. The van der Waals surface area contributed by atoms with Gasteiger partial charge in [-0.3, -0.25) is 4.79 Å². The third-order valence-electron chi connectivity index (χ3n) is 2.13. The SMILES string of the molecule is COC(C)(CC(C(=O)O)C(F)(F)F)OC.